The van der Waals surface area contributed by atoms with Gasteiger partial charge in [0.15, 0.2) is 17.5 Å². The van der Waals surface area contributed by atoms with Crippen molar-refractivity contribution in [2.75, 3.05) is 0 Å². The molecule has 4 heterocycles. The highest BCUT2D eigenvalue weighted by Gasteiger charge is 2.13. The molecule has 0 amide bonds. The van der Waals surface area contributed by atoms with E-state index >= 15 is 0 Å². The van der Waals surface area contributed by atoms with E-state index in [0.717, 1.165) is 50.1 Å². The fraction of sp³-hybridized carbons (Fsp3) is 0. The summed E-state index contributed by atoms with van der Waals surface area (Å²) in [6.07, 6.45) is 10.9. The minimum Gasteiger partial charge on any atom is -0.264 e. The van der Waals surface area contributed by atoms with Crippen LogP contribution in [0.2, 0.25) is 0 Å². The SMILES string of the molecule is c1cncc(-c2ccc(-c3nc(-c4ccc(-c5cccnc5)cc4)nc(-c4ccc(-c5cccnc5)cc4)n3)cc2)c1. The zero-order valence-corrected chi connectivity index (χ0v) is 22.5. The van der Waals surface area contributed by atoms with Crippen molar-refractivity contribution >= 4 is 0 Å². The predicted octanol–water partition coefficient (Wildman–Crippen LogP) is 8.06. The smallest absolute Gasteiger partial charge is 0.164 e. The van der Waals surface area contributed by atoms with Crippen LogP contribution in [0.25, 0.3) is 67.5 Å². The maximum absolute atomic E-state index is 4.91. The summed E-state index contributed by atoms with van der Waals surface area (Å²) in [7, 11) is 0. The first-order valence-corrected chi connectivity index (χ1v) is 13.6. The van der Waals surface area contributed by atoms with E-state index in [1.165, 1.54) is 0 Å². The number of benzene rings is 3. The van der Waals surface area contributed by atoms with Crippen LogP contribution in [0.1, 0.15) is 0 Å². The average Bonchev–Trinajstić information content (AvgIpc) is 3.09. The number of aromatic nitrogens is 6. The number of nitrogens with zero attached hydrogens (tertiary/aromatic N) is 6. The molecule has 0 N–H and O–H groups in total. The van der Waals surface area contributed by atoms with E-state index in [1.807, 2.05) is 91.4 Å². The molecule has 0 aliphatic heterocycles. The van der Waals surface area contributed by atoms with Gasteiger partial charge in [0.1, 0.15) is 0 Å². The molecule has 3 aromatic carbocycles. The van der Waals surface area contributed by atoms with Gasteiger partial charge in [-0.3, -0.25) is 15.0 Å². The molecule has 0 fully saturated rings. The third kappa shape index (κ3) is 5.29. The van der Waals surface area contributed by atoms with E-state index in [9.17, 15) is 0 Å². The summed E-state index contributed by atoms with van der Waals surface area (Å²) in [5, 5.41) is 0. The molecule has 6 heteroatoms. The van der Waals surface area contributed by atoms with Crippen molar-refractivity contribution in [3.63, 3.8) is 0 Å². The lowest BCUT2D eigenvalue weighted by molar-refractivity contribution is 1.07. The Labute approximate surface area is 243 Å². The van der Waals surface area contributed by atoms with Gasteiger partial charge >= 0.3 is 0 Å². The molecule has 42 heavy (non-hydrogen) atoms. The van der Waals surface area contributed by atoms with Crippen LogP contribution in [0.15, 0.2) is 146 Å². The molecule has 0 bridgehead atoms. The van der Waals surface area contributed by atoms with E-state index in [1.54, 1.807) is 18.6 Å². The summed E-state index contributed by atoms with van der Waals surface area (Å²) in [6.45, 7) is 0. The van der Waals surface area contributed by atoms with Crippen LogP contribution in [0.4, 0.5) is 0 Å². The Morgan fingerprint density at radius 3 is 0.762 bits per heavy atom. The zero-order chi connectivity index (χ0) is 28.1. The van der Waals surface area contributed by atoms with E-state index in [4.69, 9.17) is 15.0 Å². The topological polar surface area (TPSA) is 77.3 Å². The molecule has 0 spiro atoms. The van der Waals surface area contributed by atoms with Crippen molar-refractivity contribution in [3.05, 3.63) is 146 Å². The summed E-state index contributed by atoms with van der Waals surface area (Å²) in [6, 6.07) is 36.6. The molecule has 0 saturated heterocycles. The molecule has 0 saturated carbocycles. The maximum Gasteiger partial charge on any atom is 0.164 e. The van der Waals surface area contributed by atoms with Gasteiger partial charge < -0.3 is 0 Å². The largest absolute Gasteiger partial charge is 0.264 e. The van der Waals surface area contributed by atoms with Gasteiger partial charge in [-0.05, 0) is 51.6 Å². The number of hydrogen-bond acceptors (Lipinski definition) is 6. The Balaban J connectivity index is 1.29. The molecule has 0 radical (unpaired) electrons. The first-order valence-electron chi connectivity index (χ1n) is 13.6. The van der Waals surface area contributed by atoms with Gasteiger partial charge in [0.2, 0.25) is 0 Å². The summed E-state index contributed by atoms with van der Waals surface area (Å²) >= 11 is 0. The van der Waals surface area contributed by atoms with Crippen molar-refractivity contribution in [2.45, 2.75) is 0 Å². The van der Waals surface area contributed by atoms with Gasteiger partial charge in [-0.25, -0.2) is 15.0 Å². The quantitative estimate of drug-likeness (QED) is 0.212. The van der Waals surface area contributed by atoms with E-state index in [2.05, 4.69) is 51.4 Å². The Hall–Kier alpha value is -5.88. The van der Waals surface area contributed by atoms with Crippen LogP contribution in [-0.2, 0) is 0 Å². The van der Waals surface area contributed by atoms with E-state index in [0.29, 0.717) is 17.5 Å². The summed E-state index contributed by atoms with van der Waals surface area (Å²) in [5.41, 5.74) is 9.15. The van der Waals surface area contributed by atoms with Crippen molar-refractivity contribution < 1.29 is 0 Å². The highest BCUT2D eigenvalue weighted by molar-refractivity contribution is 5.73. The van der Waals surface area contributed by atoms with E-state index < -0.39 is 0 Å². The van der Waals surface area contributed by atoms with Gasteiger partial charge in [0.05, 0.1) is 0 Å². The van der Waals surface area contributed by atoms with Crippen LogP contribution in [0, 0.1) is 0 Å². The standard InChI is InChI=1S/C36H24N6/c1-4-31(22-37-19-1)25-7-13-28(14-8-25)34-40-35(29-15-9-26(10-16-29)32-5-2-20-38-23-32)42-36(41-34)30-17-11-27(12-18-30)33-6-3-21-39-24-33/h1-24H. The molecule has 0 atom stereocenters. The molecule has 4 aromatic heterocycles. The second-order valence-corrected chi connectivity index (χ2v) is 9.76. The predicted molar refractivity (Wildman–Crippen MR) is 166 cm³/mol. The third-order valence-corrected chi connectivity index (χ3v) is 7.05. The molecular weight excluding hydrogens is 516 g/mol. The molecule has 0 aliphatic carbocycles. The molecule has 198 valence electrons. The Kier molecular flexibility index (Phi) is 6.76. The minimum atomic E-state index is 0.611. The lowest BCUT2D eigenvalue weighted by atomic mass is 10.0. The first-order chi connectivity index (χ1) is 20.8. The van der Waals surface area contributed by atoms with Gasteiger partial charge in [-0.2, -0.15) is 0 Å². The summed E-state index contributed by atoms with van der Waals surface area (Å²) < 4.78 is 0. The summed E-state index contributed by atoms with van der Waals surface area (Å²) in [5.74, 6) is 1.83. The van der Waals surface area contributed by atoms with Crippen LogP contribution in [-0.4, -0.2) is 29.9 Å². The minimum absolute atomic E-state index is 0.611. The first kappa shape index (κ1) is 25.1. The third-order valence-electron chi connectivity index (χ3n) is 7.05. The zero-order valence-electron chi connectivity index (χ0n) is 22.5. The van der Waals surface area contributed by atoms with Crippen molar-refractivity contribution in [2.24, 2.45) is 0 Å². The van der Waals surface area contributed by atoms with Crippen molar-refractivity contribution in [1.82, 2.24) is 29.9 Å². The molecule has 0 unspecified atom stereocenters. The number of pyridine rings is 3. The van der Waals surface area contributed by atoms with Crippen LogP contribution in [0.5, 0.6) is 0 Å². The second-order valence-electron chi connectivity index (χ2n) is 9.76. The number of hydrogen-bond donors (Lipinski definition) is 0. The molecule has 6 nitrogen and oxygen atoms in total. The van der Waals surface area contributed by atoms with E-state index in [-0.39, 0.29) is 0 Å². The Bertz CT molecular complexity index is 1680. The highest BCUT2D eigenvalue weighted by atomic mass is 15.0. The molecule has 7 aromatic rings. The van der Waals surface area contributed by atoms with Gasteiger partial charge in [0.25, 0.3) is 0 Å². The fourth-order valence-corrected chi connectivity index (χ4v) is 4.80. The highest BCUT2D eigenvalue weighted by Crippen LogP contribution is 2.29. The van der Waals surface area contributed by atoms with Crippen LogP contribution in [0.3, 0.4) is 0 Å². The molecular formula is C36H24N6. The maximum atomic E-state index is 4.91. The van der Waals surface area contributed by atoms with Gasteiger partial charge in [-0.15, -0.1) is 0 Å². The van der Waals surface area contributed by atoms with Crippen molar-refractivity contribution in [1.29, 1.82) is 0 Å². The van der Waals surface area contributed by atoms with Gasteiger partial charge in [-0.1, -0.05) is 91.0 Å². The Morgan fingerprint density at radius 2 is 0.524 bits per heavy atom. The van der Waals surface area contributed by atoms with Crippen LogP contribution >= 0.6 is 0 Å². The lowest BCUT2D eigenvalue weighted by Crippen LogP contribution is -2.00. The fourth-order valence-electron chi connectivity index (χ4n) is 4.80. The second kappa shape index (κ2) is 11.3. The van der Waals surface area contributed by atoms with Gasteiger partial charge in [0, 0.05) is 53.9 Å². The number of rotatable bonds is 6. The molecule has 7 rings (SSSR count). The van der Waals surface area contributed by atoms with Crippen molar-refractivity contribution in [3.8, 4) is 67.5 Å². The molecule has 0 aliphatic rings. The average molecular weight is 541 g/mol. The lowest BCUT2D eigenvalue weighted by Gasteiger charge is -2.10. The normalized spacial score (nSPS) is 10.9. The Morgan fingerprint density at radius 1 is 0.262 bits per heavy atom. The summed E-state index contributed by atoms with van der Waals surface area (Å²) in [4.78, 5) is 27.5. The monoisotopic (exact) mass is 540 g/mol. The van der Waals surface area contributed by atoms with Crippen LogP contribution < -0.4 is 0 Å².